The molecule has 86 valence electrons. The molecule has 17 heavy (non-hydrogen) atoms. The van der Waals surface area contributed by atoms with Gasteiger partial charge in [-0.2, -0.15) is 0 Å². The SMILES string of the molecule is Cc1cccc(C2Cc3ccc(F)cc3N2)c1. The summed E-state index contributed by atoms with van der Waals surface area (Å²) in [6.45, 7) is 2.09. The van der Waals surface area contributed by atoms with Gasteiger partial charge in [0.15, 0.2) is 0 Å². The molecule has 3 rings (SSSR count). The van der Waals surface area contributed by atoms with Gasteiger partial charge in [0.1, 0.15) is 5.82 Å². The molecule has 1 heterocycles. The van der Waals surface area contributed by atoms with E-state index in [1.54, 1.807) is 6.07 Å². The van der Waals surface area contributed by atoms with Gasteiger partial charge in [0.25, 0.3) is 0 Å². The third kappa shape index (κ3) is 1.91. The fourth-order valence-corrected chi connectivity index (χ4v) is 2.41. The normalized spacial score (nSPS) is 17.6. The van der Waals surface area contributed by atoms with Gasteiger partial charge in [0.2, 0.25) is 0 Å². The molecule has 0 amide bonds. The Bertz CT molecular complexity index is 563. The van der Waals surface area contributed by atoms with E-state index in [1.807, 2.05) is 6.07 Å². The van der Waals surface area contributed by atoms with Gasteiger partial charge in [-0.1, -0.05) is 35.9 Å². The van der Waals surface area contributed by atoms with Crippen molar-refractivity contribution in [3.63, 3.8) is 0 Å². The highest BCUT2D eigenvalue weighted by molar-refractivity contribution is 5.58. The highest BCUT2D eigenvalue weighted by Gasteiger charge is 2.22. The number of aryl methyl sites for hydroxylation is 1. The zero-order valence-corrected chi connectivity index (χ0v) is 9.70. The molecule has 1 aliphatic heterocycles. The number of benzene rings is 2. The second kappa shape index (κ2) is 3.88. The Balaban J connectivity index is 1.91. The van der Waals surface area contributed by atoms with Gasteiger partial charge in [-0.05, 0) is 36.6 Å². The van der Waals surface area contributed by atoms with Crippen LogP contribution in [0.1, 0.15) is 22.7 Å². The summed E-state index contributed by atoms with van der Waals surface area (Å²) in [7, 11) is 0. The first kappa shape index (κ1) is 10.3. The zero-order chi connectivity index (χ0) is 11.8. The Hall–Kier alpha value is -1.83. The molecule has 0 radical (unpaired) electrons. The van der Waals surface area contributed by atoms with Gasteiger partial charge >= 0.3 is 0 Å². The molecule has 1 nitrogen and oxygen atoms in total. The lowest BCUT2D eigenvalue weighted by Gasteiger charge is -2.12. The van der Waals surface area contributed by atoms with Crippen LogP contribution in [0.2, 0.25) is 0 Å². The molecule has 2 heteroatoms. The number of rotatable bonds is 1. The van der Waals surface area contributed by atoms with Crippen LogP contribution in [0.4, 0.5) is 10.1 Å². The molecule has 2 aromatic carbocycles. The van der Waals surface area contributed by atoms with Crippen LogP contribution in [-0.2, 0) is 6.42 Å². The van der Waals surface area contributed by atoms with Crippen LogP contribution in [0.25, 0.3) is 0 Å². The number of anilines is 1. The fourth-order valence-electron chi connectivity index (χ4n) is 2.41. The monoisotopic (exact) mass is 227 g/mol. The predicted octanol–water partition coefficient (Wildman–Crippen LogP) is 3.84. The Morgan fingerprint density at radius 3 is 2.88 bits per heavy atom. The van der Waals surface area contributed by atoms with Crippen molar-refractivity contribution in [2.75, 3.05) is 5.32 Å². The van der Waals surface area contributed by atoms with Crippen LogP contribution in [0.15, 0.2) is 42.5 Å². The summed E-state index contributed by atoms with van der Waals surface area (Å²) in [5.74, 6) is -0.179. The van der Waals surface area contributed by atoms with E-state index in [2.05, 4.69) is 36.5 Å². The lowest BCUT2D eigenvalue weighted by atomic mass is 10.0. The lowest BCUT2D eigenvalue weighted by molar-refractivity contribution is 0.628. The minimum Gasteiger partial charge on any atom is -0.378 e. The standard InChI is InChI=1S/C15H14FN/c1-10-3-2-4-11(7-10)14-8-12-5-6-13(16)9-15(12)17-14/h2-7,9,14,17H,8H2,1H3. The van der Waals surface area contributed by atoms with Crippen molar-refractivity contribution < 1.29 is 4.39 Å². The average molecular weight is 227 g/mol. The Morgan fingerprint density at radius 1 is 1.18 bits per heavy atom. The number of halogens is 1. The summed E-state index contributed by atoms with van der Waals surface area (Å²) in [4.78, 5) is 0. The van der Waals surface area contributed by atoms with Gasteiger partial charge in [-0.15, -0.1) is 0 Å². The van der Waals surface area contributed by atoms with Crippen LogP contribution in [0, 0.1) is 12.7 Å². The highest BCUT2D eigenvalue weighted by atomic mass is 19.1. The average Bonchev–Trinajstić information content (AvgIpc) is 2.72. The molecule has 0 saturated carbocycles. The Kier molecular flexibility index (Phi) is 2.36. The molecular formula is C15H14FN. The van der Waals surface area contributed by atoms with Crippen molar-refractivity contribution in [2.45, 2.75) is 19.4 Å². The molecule has 0 aromatic heterocycles. The van der Waals surface area contributed by atoms with E-state index in [-0.39, 0.29) is 11.9 Å². The van der Waals surface area contributed by atoms with Crippen LogP contribution >= 0.6 is 0 Å². The Morgan fingerprint density at radius 2 is 2.06 bits per heavy atom. The van der Waals surface area contributed by atoms with Gasteiger partial charge < -0.3 is 5.32 Å². The van der Waals surface area contributed by atoms with Gasteiger partial charge in [0.05, 0.1) is 6.04 Å². The van der Waals surface area contributed by atoms with E-state index in [9.17, 15) is 4.39 Å². The van der Waals surface area contributed by atoms with Crippen LogP contribution in [-0.4, -0.2) is 0 Å². The number of fused-ring (bicyclic) bond motifs is 1. The van der Waals surface area contributed by atoms with Gasteiger partial charge in [-0.3, -0.25) is 0 Å². The molecule has 0 aliphatic carbocycles. The maximum atomic E-state index is 13.1. The predicted molar refractivity (Wildman–Crippen MR) is 67.6 cm³/mol. The summed E-state index contributed by atoms with van der Waals surface area (Å²) in [5, 5.41) is 3.38. The topological polar surface area (TPSA) is 12.0 Å². The molecule has 0 fully saturated rings. The second-order valence-corrected chi connectivity index (χ2v) is 4.62. The van der Waals surface area contributed by atoms with Gasteiger partial charge in [0, 0.05) is 5.69 Å². The first-order valence-corrected chi connectivity index (χ1v) is 5.84. The summed E-state index contributed by atoms with van der Waals surface area (Å²) in [6, 6.07) is 13.7. The molecule has 1 N–H and O–H groups in total. The van der Waals surface area contributed by atoms with E-state index in [1.165, 1.54) is 22.8 Å². The van der Waals surface area contributed by atoms with E-state index in [4.69, 9.17) is 0 Å². The molecule has 1 aliphatic rings. The first-order chi connectivity index (χ1) is 8.22. The van der Waals surface area contributed by atoms with Crippen LogP contribution in [0.3, 0.4) is 0 Å². The third-order valence-electron chi connectivity index (χ3n) is 3.27. The molecule has 0 saturated heterocycles. The minimum absolute atomic E-state index is 0.179. The van der Waals surface area contributed by atoms with E-state index >= 15 is 0 Å². The molecule has 2 aromatic rings. The van der Waals surface area contributed by atoms with E-state index in [0.29, 0.717) is 0 Å². The lowest BCUT2D eigenvalue weighted by Crippen LogP contribution is -2.05. The minimum atomic E-state index is -0.179. The Labute approximate surface area is 100 Å². The number of hydrogen-bond acceptors (Lipinski definition) is 1. The van der Waals surface area contributed by atoms with Crippen molar-refractivity contribution in [3.05, 3.63) is 65.0 Å². The highest BCUT2D eigenvalue weighted by Crippen LogP contribution is 2.34. The molecular weight excluding hydrogens is 213 g/mol. The largest absolute Gasteiger partial charge is 0.378 e. The maximum Gasteiger partial charge on any atom is 0.125 e. The molecule has 0 spiro atoms. The zero-order valence-electron chi connectivity index (χ0n) is 9.70. The molecule has 1 atom stereocenters. The van der Waals surface area contributed by atoms with E-state index in [0.717, 1.165) is 12.1 Å². The first-order valence-electron chi connectivity index (χ1n) is 5.84. The quantitative estimate of drug-likeness (QED) is 0.780. The van der Waals surface area contributed by atoms with Crippen molar-refractivity contribution in [3.8, 4) is 0 Å². The number of nitrogens with one attached hydrogen (secondary N) is 1. The van der Waals surface area contributed by atoms with Crippen molar-refractivity contribution in [1.82, 2.24) is 0 Å². The number of hydrogen-bond donors (Lipinski definition) is 1. The van der Waals surface area contributed by atoms with Crippen molar-refractivity contribution >= 4 is 5.69 Å². The molecule has 1 unspecified atom stereocenters. The van der Waals surface area contributed by atoms with E-state index < -0.39 is 0 Å². The van der Waals surface area contributed by atoms with Crippen LogP contribution < -0.4 is 5.32 Å². The second-order valence-electron chi connectivity index (χ2n) is 4.62. The fraction of sp³-hybridized carbons (Fsp3) is 0.200. The van der Waals surface area contributed by atoms with Crippen molar-refractivity contribution in [2.24, 2.45) is 0 Å². The van der Waals surface area contributed by atoms with Gasteiger partial charge in [-0.25, -0.2) is 4.39 Å². The summed E-state index contributed by atoms with van der Waals surface area (Å²) >= 11 is 0. The summed E-state index contributed by atoms with van der Waals surface area (Å²) < 4.78 is 13.1. The summed E-state index contributed by atoms with van der Waals surface area (Å²) in [5.41, 5.74) is 4.64. The summed E-state index contributed by atoms with van der Waals surface area (Å²) in [6.07, 6.45) is 0.930. The maximum absolute atomic E-state index is 13.1. The molecule has 0 bridgehead atoms. The van der Waals surface area contributed by atoms with Crippen LogP contribution in [0.5, 0.6) is 0 Å². The third-order valence-corrected chi connectivity index (χ3v) is 3.27. The smallest absolute Gasteiger partial charge is 0.125 e. The van der Waals surface area contributed by atoms with Crippen molar-refractivity contribution in [1.29, 1.82) is 0 Å².